The molecule has 26 heteroatoms. The molecule has 1 aromatic carbocycles. The highest BCUT2D eigenvalue weighted by molar-refractivity contribution is 6.34. The number of halogens is 1. The lowest BCUT2D eigenvalue weighted by Crippen LogP contribution is -2.61. The lowest BCUT2D eigenvalue weighted by molar-refractivity contribution is -0.318. The average molecular weight is 1250 g/mol. The summed E-state index contributed by atoms with van der Waals surface area (Å²) in [7, 11) is 7.08. The highest BCUT2D eigenvalue weighted by Gasteiger charge is 2.59. The third-order valence-corrected chi connectivity index (χ3v) is 18.3. The molecule has 5 N–H and O–H groups in total. The molecule has 0 radical (unpaired) electrons. The van der Waals surface area contributed by atoms with Crippen molar-refractivity contribution in [3.8, 4) is 0 Å². The van der Waals surface area contributed by atoms with Crippen LogP contribution >= 0.6 is 11.6 Å². The molecule has 0 bridgehead atoms. The number of carbonyl (C=O) groups excluding carboxylic acids is 4. The van der Waals surface area contributed by atoms with Crippen LogP contribution in [0.2, 0.25) is 5.02 Å². The number of nitrogens with zero attached hydrogens (tertiary/aromatic N) is 3. The molecule has 5 fully saturated rings. The minimum atomic E-state index is -1.66. The summed E-state index contributed by atoms with van der Waals surface area (Å²) in [5.74, 6) is -5.40. The summed E-state index contributed by atoms with van der Waals surface area (Å²) in [5, 5.41) is 40.6. The summed E-state index contributed by atoms with van der Waals surface area (Å²) in [5.41, 5.74) is -4.15. The molecule has 0 spiro atoms. The number of amides is 1. The molecular weight excluding hydrogens is 1160 g/mol. The number of benzene rings is 1. The van der Waals surface area contributed by atoms with Crippen molar-refractivity contribution in [2.75, 3.05) is 79.6 Å². The number of carbonyl (C=O) groups is 5. The van der Waals surface area contributed by atoms with Crippen LogP contribution in [-0.4, -0.2) is 224 Å². The predicted molar refractivity (Wildman–Crippen MR) is 317 cm³/mol. The number of hydrogen-bond donors (Lipinski definition) is 5. The largest absolute Gasteiger partial charge is 0.509 e. The molecule has 18 atom stereocenters. The molecule has 0 unspecified atom stereocenters. The molecule has 4 aliphatic heterocycles. The second-order valence-electron chi connectivity index (χ2n) is 25.4. The number of carboxylic acids is 1. The van der Waals surface area contributed by atoms with Gasteiger partial charge in [-0.1, -0.05) is 32.4 Å². The summed E-state index contributed by atoms with van der Waals surface area (Å²) in [6.45, 7) is 18.8. The number of fused-ring (bicyclic) bond motifs is 2. The molecule has 5 heterocycles. The van der Waals surface area contributed by atoms with E-state index in [4.69, 9.17) is 63.7 Å². The lowest BCUT2D eigenvalue weighted by Gasteiger charge is -2.49. The Balaban J connectivity index is 0.960. The van der Waals surface area contributed by atoms with Crippen LogP contribution in [0.5, 0.6) is 0 Å². The van der Waals surface area contributed by atoms with Crippen LogP contribution in [0.25, 0.3) is 10.9 Å². The summed E-state index contributed by atoms with van der Waals surface area (Å²) >= 11 is 6.56. The summed E-state index contributed by atoms with van der Waals surface area (Å²) < 4.78 is 69.7. The number of nitrogens with one attached hydrogen (secondary N) is 2. The minimum Gasteiger partial charge on any atom is -0.477 e. The maximum absolute atomic E-state index is 14.8. The van der Waals surface area contributed by atoms with E-state index in [0.717, 1.165) is 12.8 Å². The first-order chi connectivity index (χ1) is 40.9. The maximum Gasteiger partial charge on any atom is 0.509 e. The van der Waals surface area contributed by atoms with Crippen molar-refractivity contribution in [3.63, 3.8) is 0 Å². The zero-order chi connectivity index (χ0) is 64.0. The monoisotopic (exact) mass is 1250 g/mol. The van der Waals surface area contributed by atoms with Crippen LogP contribution in [-0.2, 0) is 66.5 Å². The van der Waals surface area contributed by atoms with Gasteiger partial charge in [0.05, 0.1) is 78.6 Å². The van der Waals surface area contributed by atoms with Gasteiger partial charge in [-0.2, -0.15) is 0 Å². The van der Waals surface area contributed by atoms with Crippen LogP contribution in [0.15, 0.2) is 23.1 Å². The number of carboxylic acid groups (broad SMARTS) is 1. The Kier molecular flexibility index (Phi) is 23.6. The molecule has 4 saturated heterocycles. The van der Waals surface area contributed by atoms with E-state index in [1.807, 2.05) is 58.6 Å². The van der Waals surface area contributed by atoms with Gasteiger partial charge in [0, 0.05) is 68.7 Å². The maximum atomic E-state index is 14.8. The zero-order valence-electron chi connectivity index (χ0n) is 52.9. The van der Waals surface area contributed by atoms with Crippen LogP contribution in [0.3, 0.4) is 0 Å². The Morgan fingerprint density at radius 2 is 1.61 bits per heavy atom. The van der Waals surface area contributed by atoms with E-state index in [0.29, 0.717) is 35.7 Å². The van der Waals surface area contributed by atoms with Crippen molar-refractivity contribution in [3.05, 3.63) is 39.1 Å². The number of aromatic carboxylic acids is 1. The van der Waals surface area contributed by atoms with Crippen molar-refractivity contribution < 1.29 is 91.4 Å². The van der Waals surface area contributed by atoms with E-state index in [2.05, 4.69) is 10.6 Å². The van der Waals surface area contributed by atoms with Crippen LogP contribution in [0.4, 0.5) is 10.5 Å². The summed E-state index contributed by atoms with van der Waals surface area (Å²) in [4.78, 5) is 82.8. The molecule has 25 nitrogen and oxygen atoms in total. The predicted octanol–water partition coefficient (Wildman–Crippen LogP) is 5.29. The van der Waals surface area contributed by atoms with Gasteiger partial charge in [0.2, 0.25) is 11.3 Å². The van der Waals surface area contributed by atoms with Gasteiger partial charge < -0.3 is 87.5 Å². The first kappa shape index (κ1) is 69.7. The van der Waals surface area contributed by atoms with Gasteiger partial charge in [-0.15, -0.1) is 0 Å². The van der Waals surface area contributed by atoms with Gasteiger partial charge in [-0.3, -0.25) is 24.1 Å². The highest BCUT2D eigenvalue weighted by Crippen LogP contribution is 2.43. The number of rotatable bonds is 22. The Hall–Kier alpha value is -4.77. The fourth-order valence-corrected chi connectivity index (χ4v) is 13.3. The van der Waals surface area contributed by atoms with Crippen molar-refractivity contribution >= 4 is 58.2 Å². The first-order valence-electron chi connectivity index (χ1n) is 30.4. The molecule has 87 heavy (non-hydrogen) atoms. The number of methoxy groups -OCH3 is 1. The van der Waals surface area contributed by atoms with E-state index in [1.165, 1.54) is 13.3 Å². The third-order valence-electron chi connectivity index (χ3n) is 18.0. The summed E-state index contributed by atoms with van der Waals surface area (Å²) in [6.07, 6.45) is -6.60. The van der Waals surface area contributed by atoms with Gasteiger partial charge in [-0.25, -0.2) is 9.59 Å². The number of ether oxygens (including phenoxy) is 11. The number of aromatic nitrogens is 1. The molecule has 1 amide bonds. The van der Waals surface area contributed by atoms with Crippen molar-refractivity contribution in [1.29, 1.82) is 0 Å². The van der Waals surface area contributed by atoms with Gasteiger partial charge in [0.25, 0.3) is 0 Å². The number of likely N-dealkylation sites (N-methyl/N-ethyl adjacent to an activating group) is 2. The number of cyclic esters (lactones) is 1. The molecular formula is C61H94ClN5O20. The van der Waals surface area contributed by atoms with Gasteiger partial charge >= 0.3 is 24.1 Å². The Morgan fingerprint density at radius 3 is 2.25 bits per heavy atom. The van der Waals surface area contributed by atoms with Gasteiger partial charge in [-0.05, 0) is 120 Å². The van der Waals surface area contributed by atoms with Crippen LogP contribution in [0.1, 0.15) is 131 Å². The van der Waals surface area contributed by atoms with E-state index < -0.39 is 132 Å². The number of aliphatic hydroxyl groups excluding tert-OH is 1. The fraction of sp³-hybridized carbons (Fsp3) is 0.770. The Labute approximate surface area is 514 Å². The van der Waals surface area contributed by atoms with Crippen molar-refractivity contribution in [2.45, 2.75) is 211 Å². The van der Waals surface area contributed by atoms with Crippen molar-refractivity contribution in [2.24, 2.45) is 17.8 Å². The standard InChI is InChI=1S/C61H94ClN5O20/c1-15-45-61(10)53(86-58(75)87-61)36(6)66(13)30-32(2)27-59(8,76)52(85-57-50(71)44(65(11)12)24-33(3)80-57)34(4)51(35(5)56(74)82-45)84-48-28-60(9,77-14)54(37(7)81-48)83-47(69)29-64-46(68)18-20-78-22-23-79-21-19-63-42-25-39-43(26-41(42)62)67(38-16-17-38)31-40(49(39)70)55(72)73/h25-26,31-38,44-45,48,50-54,57,63,71,76H,15-24,27-30H2,1-14H3,(H,64,68)(H,72,73)/t32-,33+,34+,35+,36+,37-,44-,45-,48-,50+,51-,52+,53+,54-,57-,59+,60+,61+/m0/s1. The molecule has 1 aromatic heterocycles. The zero-order valence-corrected chi connectivity index (χ0v) is 53.6. The lowest BCUT2D eigenvalue weighted by atomic mass is 9.77. The molecule has 5 aliphatic rings. The highest BCUT2D eigenvalue weighted by atomic mass is 35.5. The average Bonchev–Trinajstić information content (AvgIpc) is 1.84. The number of anilines is 1. The van der Waals surface area contributed by atoms with Crippen molar-refractivity contribution in [1.82, 2.24) is 19.7 Å². The van der Waals surface area contributed by atoms with Crippen LogP contribution < -0.4 is 16.1 Å². The molecule has 1 saturated carbocycles. The smallest absolute Gasteiger partial charge is 0.477 e. The normalized spacial score (nSPS) is 35.5. The molecule has 7 rings (SSSR count). The number of pyridine rings is 1. The van der Waals surface area contributed by atoms with Crippen LogP contribution in [0, 0.1) is 17.8 Å². The van der Waals surface area contributed by atoms with E-state index >= 15 is 0 Å². The van der Waals surface area contributed by atoms with E-state index in [-0.39, 0.29) is 87.2 Å². The Bertz CT molecular complexity index is 2790. The van der Waals surface area contributed by atoms with E-state index in [9.17, 15) is 44.1 Å². The number of esters is 2. The molecule has 490 valence electrons. The molecule has 1 aliphatic carbocycles. The minimum absolute atomic E-state index is 0.0275. The second kappa shape index (κ2) is 29.5. The summed E-state index contributed by atoms with van der Waals surface area (Å²) in [6, 6.07) is 2.59. The SMILES string of the molecule is CC[C@@H]1OC(=O)[C@H](C)[C@@H](O[C@H]2C[C@@](C)(OC)[C@@H](OC(=O)CNC(=O)CCOCCOCCNc3cc4c(=O)c(C(=O)O)cn(C5CC5)c4cc3Cl)[C@H](C)O2)[C@@H](C)[C@@H](O[C@@H]2O[C@H](C)C[C@H](N(C)C)[C@H]2O)[C@](C)(O)C[C@H](C)CN(C)[C@H](C)[C@H]2OC(=O)O[C@]12C. The number of hydrogen-bond acceptors (Lipinski definition) is 22. The quantitative estimate of drug-likeness (QED) is 0.0568. The number of aliphatic hydroxyl groups is 2. The fourth-order valence-electron chi connectivity index (χ4n) is 13.1. The van der Waals surface area contributed by atoms with Gasteiger partial charge in [0.15, 0.2) is 30.4 Å². The van der Waals surface area contributed by atoms with Gasteiger partial charge in [0.1, 0.15) is 29.9 Å². The third kappa shape index (κ3) is 16.6. The first-order valence-corrected chi connectivity index (χ1v) is 30.8. The Morgan fingerprint density at radius 1 is 0.920 bits per heavy atom. The molecule has 2 aromatic rings. The van der Waals surface area contributed by atoms with E-state index in [1.54, 1.807) is 58.2 Å². The topological polar surface area (TPSA) is 300 Å². The second-order valence-corrected chi connectivity index (χ2v) is 25.8.